The maximum Gasteiger partial charge on any atom is 0.407 e. The molecule has 1 saturated heterocycles. The summed E-state index contributed by atoms with van der Waals surface area (Å²) in [6.07, 6.45) is -1.03. The van der Waals surface area contributed by atoms with Crippen molar-refractivity contribution < 1.29 is 32.6 Å². The molecule has 1 amide bonds. The average Bonchev–Trinajstić information content (AvgIpc) is 2.92. The van der Waals surface area contributed by atoms with E-state index in [9.17, 15) is 18.0 Å². The number of rotatable bonds is 9. The van der Waals surface area contributed by atoms with Gasteiger partial charge in [-0.2, -0.15) is 0 Å². The van der Waals surface area contributed by atoms with Gasteiger partial charge in [0.05, 0.1) is 17.5 Å². The van der Waals surface area contributed by atoms with Crippen molar-refractivity contribution >= 4 is 33.0 Å². The smallest absolute Gasteiger partial charge is 0.407 e. The third-order valence-electron chi connectivity index (χ3n) is 6.42. The van der Waals surface area contributed by atoms with Crippen LogP contribution in [-0.2, 0) is 26.2 Å². The maximum atomic E-state index is 12.9. The van der Waals surface area contributed by atoms with Gasteiger partial charge < -0.3 is 19.5 Å². The fourth-order valence-corrected chi connectivity index (χ4v) is 5.42. The van der Waals surface area contributed by atoms with E-state index in [0.717, 1.165) is 22.2 Å². The molecule has 0 bridgehead atoms. The van der Waals surface area contributed by atoms with Gasteiger partial charge in [0.15, 0.2) is 0 Å². The molecule has 38 heavy (non-hydrogen) atoms. The number of amides is 1. The molecule has 0 unspecified atom stereocenters. The summed E-state index contributed by atoms with van der Waals surface area (Å²) in [7, 11) is -2.70. The van der Waals surface area contributed by atoms with E-state index < -0.39 is 28.1 Å². The average molecular weight is 543 g/mol. The molecule has 0 aliphatic carbocycles. The molecule has 1 aromatic heterocycles. The first kappa shape index (κ1) is 27.3. The quantitative estimate of drug-likeness (QED) is 0.390. The number of carbonyl (C=O) groups excluding carboxylic acids is 1. The normalized spacial score (nSPS) is 15.3. The topological polar surface area (TPSA) is 138 Å². The molecule has 4 rings (SSSR count). The number of carboxylic acid groups (broad SMARTS) is 1. The zero-order chi connectivity index (χ0) is 27.3. The van der Waals surface area contributed by atoms with Crippen LogP contribution in [0.5, 0.6) is 5.75 Å². The van der Waals surface area contributed by atoms with Gasteiger partial charge in [-0.1, -0.05) is 18.2 Å². The first-order chi connectivity index (χ1) is 18.2. The molecule has 202 valence electrons. The van der Waals surface area contributed by atoms with Crippen molar-refractivity contribution in [3.8, 4) is 5.75 Å². The molecule has 11 nitrogen and oxygen atoms in total. The van der Waals surface area contributed by atoms with Crippen molar-refractivity contribution in [2.75, 3.05) is 39.8 Å². The second-order valence-corrected chi connectivity index (χ2v) is 10.7. The molecule has 3 aromatic rings. The Bertz CT molecular complexity index is 1400. The predicted molar refractivity (Wildman–Crippen MR) is 139 cm³/mol. The van der Waals surface area contributed by atoms with Gasteiger partial charge in [-0.15, -0.1) is 0 Å². The lowest BCUT2D eigenvalue weighted by molar-refractivity contribution is -0.147. The van der Waals surface area contributed by atoms with E-state index in [4.69, 9.17) is 14.6 Å². The SMILES string of the molecule is COC(=O)[C@H](CNS(=O)(=O)c1ccc(OCc2cc(C)nc3ccccc23)cc1)N1CCN(C(=O)O)CC1. The zero-order valence-electron chi connectivity index (χ0n) is 21.2. The fourth-order valence-electron chi connectivity index (χ4n) is 4.38. The molecule has 2 N–H and O–H groups in total. The summed E-state index contributed by atoms with van der Waals surface area (Å²) in [6, 6.07) is 14.9. The number of aromatic nitrogens is 1. The Labute approximate surface area is 221 Å². The second-order valence-electron chi connectivity index (χ2n) is 8.90. The number of fused-ring (bicyclic) bond motifs is 1. The van der Waals surface area contributed by atoms with Gasteiger partial charge in [-0.3, -0.25) is 14.7 Å². The minimum atomic E-state index is -3.93. The van der Waals surface area contributed by atoms with Crippen molar-refractivity contribution in [1.82, 2.24) is 19.5 Å². The Morgan fingerprint density at radius 3 is 2.42 bits per heavy atom. The highest BCUT2D eigenvalue weighted by Crippen LogP contribution is 2.22. The van der Waals surface area contributed by atoms with Gasteiger partial charge in [-0.05, 0) is 43.3 Å². The molecule has 1 atom stereocenters. The zero-order valence-corrected chi connectivity index (χ0v) is 22.0. The standard InChI is InChI=1S/C26H30N4O7S/c1-18-15-19(22-5-3-4-6-23(22)28-18)17-37-20-7-9-21(10-8-20)38(34,35)27-16-24(25(31)36-2)29-11-13-30(14-12-29)26(32)33/h3-10,15,24,27H,11-14,16-17H2,1-2H3,(H,32,33)/t24-/m0/s1. The maximum absolute atomic E-state index is 12.9. The van der Waals surface area contributed by atoms with Gasteiger partial charge >= 0.3 is 12.1 Å². The summed E-state index contributed by atoms with van der Waals surface area (Å²) in [5.41, 5.74) is 2.74. The number of carbonyl (C=O) groups is 2. The molecule has 2 heterocycles. The molecule has 2 aromatic carbocycles. The molecule has 1 aliphatic rings. The molecule has 0 spiro atoms. The van der Waals surface area contributed by atoms with Crippen LogP contribution in [-0.4, -0.2) is 86.2 Å². The van der Waals surface area contributed by atoms with Crippen molar-refractivity contribution in [2.24, 2.45) is 0 Å². The molecular weight excluding hydrogens is 512 g/mol. The van der Waals surface area contributed by atoms with Crippen LogP contribution in [0.25, 0.3) is 10.9 Å². The first-order valence-electron chi connectivity index (χ1n) is 12.1. The number of nitrogens with zero attached hydrogens (tertiary/aromatic N) is 3. The monoisotopic (exact) mass is 542 g/mol. The lowest BCUT2D eigenvalue weighted by Crippen LogP contribution is -2.57. The number of hydrogen-bond acceptors (Lipinski definition) is 8. The van der Waals surface area contributed by atoms with Crippen LogP contribution in [0.2, 0.25) is 0 Å². The number of sulfonamides is 1. The summed E-state index contributed by atoms with van der Waals surface area (Å²) >= 11 is 0. The van der Waals surface area contributed by atoms with E-state index in [1.54, 1.807) is 17.0 Å². The van der Waals surface area contributed by atoms with Gasteiger partial charge in [0.1, 0.15) is 18.4 Å². The van der Waals surface area contributed by atoms with E-state index in [-0.39, 0.29) is 37.6 Å². The Hall–Kier alpha value is -3.74. The Morgan fingerprint density at radius 1 is 1.08 bits per heavy atom. The van der Waals surface area contributed by atoms with Gasteiger partial charge in [0.2, 0.25) is 10.0 Å². The molecular formula is C26H30N4O7S. The van der Waals surface area contributed by atoms with Crippen molar-refractivity contribution in [1.29, 1.82) is 0 Å². The van der Waals surface area contributed by atoms with Crippen molar-refractivity contribution in [2.45, 2.75) is 24.5 Å². The van der Waals surface area contributed by atoms with Crippen LogP contribution >= 0.6 is 0 Å². The molecule has 0 radical (unpaired) electrons. The third kappa shape index (κ3) is 6.39. The number of nitrogens with one attached hydrogen (secondary N) is 1. The number of hydrogen-bond donors (Lipinski definition) is 2. The third-order valence-corrected chi connectivity index (χ3v) is 7.86. The minimum Gasteiger partial charge on any atom is -0.489 e. The van der Waals surface area contributed by atoms with Crippen LogP contribution in [0.3, 0.4) is 0 Å². The summed E-state index contributed by atoms with van der Waals surface area (Å²) < 4.78 is 39.1. The second kappa shape index (κ2) is 11.8. The number of piperazine rings is 1. The number of methoxy groups -OCH3 is 1. The number of aryl methyl sites for hydroxylation is 1. The summed E-state index contributed by atoms with van der Waals surface area (Å²) in [4.78, 5) is 31.0. The fraction of sp³-hybridized carbons (Fsp3) is 0.346. The highest BCUT2D eigenvalue weighted by atomic mass is 32.2. The summed E-state index contributed by atoms with van der Waals surface area (Å²) in [6.45, 7) is 3.00. The number of esters is 1. The highest BCUT2D eigenvalue weighted by molar-refractivity contribution is 7.89. The Morgan fingerprint density at radius 2 is 1.76 bits per heavy atom. The number of pyridine rings is 1. The van der Waals surface area contributed by atoms with E-state index in [1.807, 2.05) is 37.3 Å². The van der Waals surface area contributed by atoms with E-state index >= 15 is 0 Å². The van der Waals surface area contributed by atoms with Crippen LogP contribution in [0, 0.1) is 6.92 Å². The van der Waals surface area contributed by atoms with Gasteiger partial charge in [0, 0.05) is 49.4 Å². The summed E-state index contributed by atoms with van der Waals surface area (Å²) in [5.74, 6) is -0.0923. The van der Waals surface area contributed by atoms with Crippen LogP contribution in [0.1, 0.15) is 11.3 Å². The highest BCUT2D eigenvalue weighted by Gasteiger charge is 2.32. The Kier molecular flexibility index (Phi) is 8.45. The largest absolute Gasteiger partial charge is 0.489 e. The lowest BCUT2D eigenvalue weighted by atomic mass is 10.1. The molecule has 1 aliphatic heterocycles. The first-order valence-corrected chi connectivity index (χ1v) is 13.5. The predicted octanol–water partition coefficient (Wildman–Crippen LogP) is 2.24. The molecule has 0 saturated carbocycles. The van der Waals surface area contributed by atoms with E-state index in [2.05, 4.69) is 9.71 Å². The van der Waals surface area contributed by atoms with Crippen LogP contribution in [0.4, 0.5) is 4.79 Å². The minimum absolute atomic E-state index is 0.0226. The van der Waals surface area contributed by atoms with Crippen LogP contribution in [0.15, 0.2) is 59.5 Å². The van der Waals surface area contributed by atoms with Gasteiger partial charge in [-0.25, -0.2) is 17.9 Å². The number of ether oxygens (including phenoxy) is 2. The lowest BCUT2D eigenvalue weighted by Gasteiger charge is -2.36. The van der Waals surface area contributed by atoms with Crippen molar-refractivity contribution in [3.63, 3.8) is 0 Å². The molecule has 12 heteroatoms. The van der Waals surface area contributed by atoms with Gasteiger partial charge in [0.25, 0.3) is 0 Å². The number of para-hydroxylation sites is 1. The van der Waals surface area contributed by atoms with E-state index in [0.29, 0.717) is 12.4 Å². The summed E-state index contributed by atoms with van der Waals surface area (Å²) in [5, 5.41) is 10.1. The van der Waals surface area contributed by atoms with Crippen molar-refractivity contribution in [3.05, 3.63) is 65.9 Å². The molecule has 1 fully saturated rings. The number of benzene rings is 2. The van der Waals surface area contributed by atoms with Crippen LogP contribution < -0.4 is 9.46 Å². The Balaban J connectivity index is 1.39. The van der Waals surface area contributed by atoms with E-state index in [1.165, 1.54) is 24.1 Å².